The van der Waals surface area contributed by atoms with Crippen LogP contribution in [0.5, 0.6) is 0 Å². The molecule has 1 N–H and O–H groups in total. The van der Waals surface area contributed by atoms with Crippen molar-refractivity contribution in [2.45, 2.75) is 26.9 Å². The number of carbonyl (C=O) groups is 2. The Labute approximate surface area is 135 Å². The fraction of sp³-hybridized carbons (Fsp3) is 0.278. The number of fused-ring (bicyclic) bond motifs is 1. The number of hydrogen-bond acceptors (Lipinski definition) is 4. The molecule has 1 unspecified atom stereocenters. The second-order valence-corrected chi connectivity index (χ2v) is 5.30. The number of ether oxygens (including phenoxy) is 1. The maximum Gasteiger partial charge on any atom is 0.341 e. The lowest BCUT2D eigenvalue weighted by Gasteiger charge is -2.16. The molecule has 1 aromatic heterocycles. The van der Waals surface area contributed by atoms with Gasteiger partial charge in [0.2, 0.25) is 0 Å². The molecule has 0 fully saturated rings. The predicted octanol–water partition coefficient (Wildman–Crippen LogP) is 2.70. The first kappa shape index (κ1) is 16.7. The lowest BCUT2D eigenvalue weighted by molar-refractivity contribution is -0.128. The van der Waals surface area contributed by atoms with Crippen molar-refractivity contribution in [3.05, 3.63) is 53.7 Å². The standard InChI is InChI=1S/C18H20N2O3/c1-5-10-19-17(21)13(4)23-18(22)16-11(2)14-8-6-7-9-15(14)20-12(16)3/h5-9,13H,1,10H2,2-4H3,(H,19,21). The molecule has 23 heavy (non-hydrogen) atoms. The first-order chi connectivity index (χ1) is 11.0. The van der Waals surface area contributed by atoms with E-state index in [0.717, 1.165) is 16.5 Å². The van der Waals surface area contributed by atoms with Gasteiger partial charge in [0, 0.05) is 11.9 Å². The molecule has 1 amide bonds. The Hall–Kier alpha value is -2.69. The van der Waals surface area contributed by atoms with Crippen molar-refractivity contribution in [3.63, 3.8) is 0 Å². The van der Waals surface area contributed by atoms with E-state index in [1.54, 1.807) is 13.0 Å². The second-order valence-electron chi connectivity index (χ2n) is 5.30. The van der Waals surface area contributed by atoms with E-state index in [9.17, 15) is 9.59 Å². The number of benzene rings is 1. The summed E-state index contributed by atoms with van der Waals surface area (Å²) in [5, 5.41) is 3.49. The Morgan fingerprint density at radius 3 is 2.74 bits per heavy atom. The van der Waals surface area contributed by atoms with E-state index < -0.39 is 12.1 Å². The van der Waals surface area contributed by atoms with E-state index in [0.29, 0.717) is 17.8 Å². The van der Waals surface area contributed by atoms with Crippen molar-refractivity contribution in [1.29, 1.82) is 0 Å². The number of hydrogen-bond donors (Lipinski definition) is 1. The van der Waals surface area contributed by atoms with Crippen LogP contribution in [0.2, 0.25) is 0 Å². The van der Waals surface area contributed by atoms with Crippen LogP contribution < -0.4 is 5.32 Å². The van der Waals surface area contributed by atoms with Crippen LogP contribution in [0.4, 0.5) is 0 Å². The normalized spacial score (nSPS) is 11.8. The maximum atomic E-state index is 12.5. The van der Waals surface area contributed by atoms with Gasteiger partial charge in [0.25, 0.3) is 5.91 Å². The molecule has 120 valence electrons. The maximum absolute atomic E-state index is 12.5. The summed E-state index contributed by atoms with van der Waals surface area (Å²) < 4.78 is 5.28. The summed E-state index contributed by atoms with van der Waals surface area (Å²) in [7, 11) is 0. The highest BCUT2D eigenvalue weighted by Gasteiger charge is 2.22. The number of carbonyl (C=O) groups excluding carboxylic acids is 2. The third kappa shape index (κ3) is 3.56. The van der Waals surface area contributed by atoms with Crippen LogP contribution in [0.15, 0.2) is 36.9 Å². The number of rotatable bonds is 5. The second kappa shape index (κ2) is 7.05. The molecular weight excluding hydrogens is 292 g/mol. The van der Waals surface area contributed by atoms with Gasteiger partial charge >= 0.3 is 5.97 Å². The molecule has 0 radical (unpaired) electrons. The molecule has 1 atom stereocenters. The van der Waals surface area contributed by atoms with Crippen LogP contribution in [-0.2, 0) is 9.53 Å². The van der Waals surface area contributed by atoms with Gasteiger partial charge in [-0.1, -0.05) is 24.3 Å². The molecule has 0 saturated heterocycles. The van der Waals surface area contributed by atoms with E-state index >= 15 is 0 Å². The van der Waals surface area contributed by atoms with Gasteiger partial charge in [-0.25, -0.2) is 4.79 Å². The Balaban J connectivity index is 2.27. The van der Waals surface area contributed by atoms with Crippen LogP contribution in [0.3, 0.4) is 0 Å². The smallest absolute Gasteiger partial charge is 0.341 e. The highest BCUT2D eigenvalue weighted by Crippen LogP contribution is 2.23. The fourth-order valence-electron chi connectivity index (χ4n) is 2.42. The summed E-state index contributed by atoms with van der Waals surface area (Å²) in [6.07, 6.45) is 0.682. The van der Waals surface area contributed by atoms with Gasteiger partial charge in [0.1, 0.15) is 0 Å². The van der Waals surface area contributed by atoms with Crippen molar-refractivity contribution < 1.29 is 14.3 Å². The Bertz CT molecular complexity index is 768. The van der Waals surface area contributed by atoms with Crippen molar-refractivity contribution in [3.8, 4) is 0 Å². The van der Waals surface area contributed by atoms with E-state index in [1.807, 2.05) is 31.2 Å². The van der Waals surface area contributed by atoms with Crippen LogP contribution in [0.1, 0.15) is 28.5 Å². The summed E-state index contributed by atoms with van der Waals surface area (Å²) >= 11 is 0. The Morgan fingerprint density at radius 2 is 2.04 bits per heavy atom. The molecule has 0 spiro atoms. The molecule has 1 heterocycles. The third-order valence-electron chi connectivity index (χ3n) is 3.61. The molecule has 0 bridgehead atoms. The Kier molecular flexibility index (Phi) is 5.11. The number of para-hydroxylation sites is 1. The van der Waals surface area contributed by atoms with Gasteiger partial charge in [-0.15, -0.1) is 6.58 Å². The molecule has 0 saturated carbocycles. The molecule has 2 rings (SSSR count). The average molecular weight is 312 g/mol. The highest BCUT2D eigenvalue weighted by molar-refractivity contribution is 5.99. The lowest BCUT2D eigenvalue weighted by atomic mass is 10.0. The lowest BCUT2D eigenvalue weighted by Crippen LogP contribution is -2.36. The summed E-state index contributed by atoms with van der Waals surface area (Å²) in [6, 6.07) is 7.61. The molecule has 0 aliphatic heterocycles. The minimum Gasteiger partial charge on any atom is -0.449 e. The summed E-state index contributed by atoms with van der Waals surface area (Å²) in [4.78, 5) is 28.7. The summed E-state index contributed by atoms with van der Waals surface area (Å²) in [6.45, 7) is 9.01. The van der Waals surface area contributed by atoms with Crippen LogP contribution in [0, 0.1) is 13.8 Å². The molecule has 1 aromatic carbocycles. The highest BCUT2D eigenvalue weighted by atomic mass is 16.5. The number of amides is 1. The average Bonchev–Trinajstić information content (AvgIpc) is 2.52. The predicted molar refractivity (Wildman–Crippen MR) is 89.3 cm³/mol. The number of aromatic nitrogens is 1. The molecular formula is C18H20N2O3. The largest absolute Gasteiger partial charge is 0.449 e. The van der Waals surface area contributed by atoms with E-state index in [4.69, 9.17) is 4.74 Å². The van der Waals surface area contributed by atoms with Gasteiger partial charge in [-0.3, -0.25) is 9.78 Å². The zero-order valence-corrected chi connectivity index (χ0v) is 13.6. The van der Waals surface area contributed by atoms with Crippen molar-refractivity contribution in [1.82, 2.24) is 10.3 Å². The minimum atomic E-state index is -0.882. The van der Waals surface area contributed by atoms with Gasteiger partial charge in [-0.2, -0.15) is 0 Å². The number of nitrogens with zero attached hydrogens (tertiary/aromatic N) is 1. The summed E-state index contributed by atoms with van der Waals surface area (Å²) in [5.74, 6) is -0.901. The van der Waals surface area contributed by atoms with Crippen molar-refractivity contribution >= 4 is 22.8 Å². The molecule has 0 aliphatic rings. The summed E-state index contributed by atoms with van der Waals surface area (Å²) in [5.41, 5.74) is 2.63. The first-order valence-corrected chi connectivity index (χ1v) is 7.41. The number of pyridine rings is 1. The van der Waals surface area contributed by atoms with E-state index in [1.165, 1.54) is 6.92 Å². The van der Waals surface area contributed by atoms with Crippen LogP contribution in [-0.4, -0.2) is 29.5 Å². The fourth-order valence-corrected chi connectivity index (χ4v) is 2.42. The molecule has 0 aliphatic carbocycles. The van der Waals surface area contributed by atoms with Gasteiger partial charge < -0.3 is 10.1 Å². The first-order valence-electron chi connectivity index (χ1n) is 7.41. The van der Waals surface area contributed by atoms with E-state index in [-0.39, 0.29) is 5.91 Å². The number of aryl methyl sites for hydroxylation is 2. The monoisotopic (exact) mass is 312 g/mol. The number of esters is 1. The van der Waals surface area contributed by atoms with Crippen LogP contribution >= 0.6 is 0 Å². The topological polar surface area (TPSA) is 68.3 Å². The quantitative estimate of drug-likeness (QED) is 0.681. The third-order valence-corrected chi connectivity index (χ3v) is 3.61. The van der Waals surface area contributed by atoms with Crippen molar-refractivity contribution in [2.24, 2.45) is 0 Å². The SMILES string of the molecule is C=CCNC(=O)C(C)OC(=O)c1c(C)nc2ccccc2c1C. The zero-order chi connectivity index (χ0) is 17.0. The minimum absolute atomic E-state index is 0.330. The van der Waals surface area contributed by atoms with Crippen LogP contribution in [0.25, 0.3) is 10.9 Å². The Morgan fingerprint density at radius 1 is 1.35 bits per heavy atom. The molecule has 5 heteroatoms. The van der Waals surface area contributed by atoms with E-state index in [2.05, 4.69) is 16.9 Å². The van der Waals surface area contributed by atoms with Gasteiger partial charge in [0.15, 0.2) is 6.10 Å². The van der Waals surface area contributed by atoms with Gasteiger partial charge in [0.05, 0.1) is 16.8 Å². The molecule has 2 aromatic rings. The van der Waals surface area contributed by atoms with Gasteiger partial charge in [-0.05, 0) is 32.4 Å². The zero-order valence-electron chi connectivity index (χ0n) is 13.6. The molecule has 5 nitrogen and oxygen atoms in total. The number of nitrogens with one attached hydrogen (secondary N) is 1. The van der Waals surface area contributed by atoms with Crippen molar-refractivity contribution in [2.75, 3.05) is 6.54 Å².